The van der Waals surface area contributed by atoms with Gasteiger partial charge in [0, 0.05) is 34.8 Å². The van der Waals surface area contributed by atoms with Crippen LogP contribution in [0.5, 0.6) is 0 Å². The SMILES string of the molecule is COC(=O)c1cc(C)nc(N2C3CC[C@H]2CC(OCc2c(-c4ccccc4)noc2C2CC2)C3)n1. The number of piperidine rings is 1. The highest BCUT2D eigenvalue weighted by atomic mass is 16.5. The molecular weight excluding hydrogens is 444 g/mol. The highest BCUT2D eigenvalue weighted by Crippen LogP contribution is 2.45. The van der Waals surface area contributed by atoms with E-state index in [9.17, 15) is 4.79 Å². The lowest BCUT2D eigenvalue weighted by atomic mass is 9.99. The van der Waals surface area contributed by atoms with Crippen LogP contribution in [-0.2, 0) is 16.1 Å². The molecule has 2 bridgehead atoms. The van der Waals surface area contributed by atoms with Crippen molar-refractivity contribution < 1.29 is 18.8 Å². The number of fused-ring (bicyclic) bond motifs is 2. The molecule has 0 amide bonds. The molecule has 0 radical (unpaired) electrons. The summed E-state index contributed by atoms with van der Waals surface area (Å²) in [6.07, 6.45) is 6.43. The van der Waals surface area contributed by atoms with Crippen LogP contribution in [-0.4, -0.2) is 46.4 Å². The summed E-state index contributed by atoms with van der Waals surface area (Å²) < 4.78 is 17.2. The zero-order valence-electron chi connectivity index (χ0n) is 20.1. The van der Waals surface area contributed by atoms with Crippen molar-refractivity contribution >= 4 is 11.9 Å². The maximum atomic E-state index is 12.1. The number of hydrogen-bond acceptors (Lipinski definition) is 8. The van der Waals surface area contributed by atoms with Crippen LogP contribution < -0.4 is 4.90 Å². The number of anilines is 1. The first-order valence-electron chi connectivity index (χ1n) is 12.5. The number of ether oxygens (including phenoxy) is 2. The van der Waals surface area contributed by atoms with Gasteiger partial charge in [0.05, 0.1) is 19.8 Å². The van der Waals surface area contributed by atoms with Crippen LogP contribution >= 0.6 is 0 Å². The van der Waals surface area contributed by atoms with Gasteiger partial charge in [-0.15, -0.1) is 0 Å². The summed E-state index contributed by atoms with van der Waals surface area (Å²) >= 11 is 0. The first kappa shape index (κ1) is 22.2. The summed E-state index contributed by atoms with van der Waals surface area (Å²) in [5.41, 5.74) is 4.13. The van der Waals surface area contributed by atoms with Gasteiger partial charge in [-0.05, 0) is 51.5 Å². The van der Waals surface area contributed by atoms with Crippen molar-refractivity contribution in [3.05, 3.63) is 59.1 Å². The van der Waals surface area contributed by atoms with Gasteiger partial charge in [-0.3, -0.25) is 0 Å². The summed E-state index contributed by atoms with van der Waals surface area (Å²) in [6.45, 7) is 2.40. The largest absolute Gasteiger partial charge is 0.464 e. The molecular formula is C27H30N4O4. The van der Waals surface area contributed by atoms with E-state index in [-0.39, 0.29) is 6.10 Å². The average Bonchev–Trinajstić information content (AvgIpc) is 3.58. The Morgan fingerprint density at radius 2 is 1.83 bits per heavy atom. The lowest BCUT2D eigenvalue weighted by Crippen LogP contribution is -2.46. The highest BCUT2D eigenvalue weighted by molar-refractivity contribution is 5.87. The number of methoxy groups -OCH3 is 1. The molecule has 2 unspecified atom stereocenters. The molecule has 0 N–H and O–H groups in total. The maximum Gasteiger partial charge on any atom is 0.356 e. The van der Waals surface area contributed by atoms with E-state index in [0.29, 0.717) is 36.3 Å². The van der Waals surface area contributed by atoms with Crippen LogP contribution in [0, 0.1) is 6.92 Å². The Morgan fingerprint density at radius 1 is 1.09 bits per heavy atom. The summed E-state index contributed by atoms with van der Waals surface area (Å²) in [4.78, 5) is 23.6. The summed E-state index contributed by atoms with van der Waals surface area (Å²) in [6, 6.07) is 12.5. The van der Waals surface area contributed by atoms with E-state index in [1.54, 1.807) is 6.07 Å². The lowest BCUT2D eigenvalue weighted by Gasteiger charge is -2.39. The second kappa shape index (κ2) is 9.07. The second-order valence-corrected chi connectivity index (χ2v) is 9.90. The van der Waals surface area contributed by atoms with Gasteiger partial charge < -0.3 is 18.9 Å². The lowest BCUT2D eigenvalue weighted by molar-refractivity contribution is 0.0144. The predicted octanol–water partition coefficient (Wildman–Crippen LogP) is 4.82. The van der Waals surface area contributed by atoms with Crippen LogP contribution in [0.15, 0.2) is 40.9 Å². The average molecular weight is 475 g/mol. The van der Waals surface area contributed by atoms with Crippen molar-refractivity contribution in [3.63, 3.8) is 0 Å². The number of nitrogens with zero attached hydrogens (tertiary/aromatic N) is 4. The third kappa shape index (κ3) is 4.31. The minimum atomic E-state index is -0.434. The van der Waals surface area contributed by atoms with E-state index >= 15 is 0 Å². The van der Waals surface area contributed by atoms with E-state index in [4.69, 9.17) is 14.0 Å². The first-order chi connectivity index (χ1) is 17.1. The summed E-state index contributed by atoms with van der Waals surface area (Å²) in [5, 5.41) is 4.43. The number of carbonyl (C=O) groups excluding carboxylic acids is 1. The molecule has 1 aliphatic carbocycles. The molecule has 3 fully saturated rings. The minimum Gasteiger partial charge on any atom is -0.464 e. The number of carbonyl (C=O) groups is 1. The molecule has 4 heterocycles. The van der Waals surface area contributed by atoms with Gasteiger partial charge in [0.2, 0.25) is 5.95 Å². The van der Waals surface area contributed by atoms with E-state index in [0.717, 1.165) is 66.8 Å². The molecule has 1 saturated carbocycles. The molecule has 3 atom stereocenters. The summed E-state index contributed by atoms with van der Waals surface area (Å²) in [5.74, 6) is 1.65. The molecule has 182 valence electrons. The van der Waals surface area contributed by atoms with Crippen LogP contribution in [0.25, 0.3) is 11.3 Å². The van der Waals surface area contributed by atoms with Gasteiger partial charge in [-0.1, -0.05) is 35.5 Å². The van der Waals surface area contributed by atoms with E-state index in [1.165, 1.54) is 7.11 Å². The van der Waals surface area contributed by atoms with Crippen LogP contribution in [0.3, 0.4) is 0 Å². The van der Waals surface area contributed by atoms with Gasteiger partial charge in [0.1, 0.15) is 11.5 Å². The smallest absolute Gasteiger partial charge is 0.356 e. The molecule has 2 saturated heterocycles. The number of benzene rings is 1. The molecule has 35 heavy (non-hydrogen) atoms. The van der Waals surface area contributed by atoms with Gasteiger partial charge in [0.25, 0.3) is 0 Å². The fraction of sp³-hybridized carbons (Fsp3) is 0.481. The monoisotopic (exact) mass is 474 g/mol. The Labute approximate surface area is 204 Å². The third-order valence-electron chi connectivity index (χ3n) is 7.44. The first-order valence-corrected chi connectivity index (χ1v) is 12.5. The van der Waals surface area contributed by atoms with Gasteiger partial charge in [-0.2, -0.15) is 0 Å². The molecule has 1 aromatic carbocycles. The zero-order chi connectivity index (χ0) is 23.9. The van der Waals surface area contributed by atoms with Gasteiger partial charge in [-0.25, -0.2) is 14.8 Å². The van der Waals surface area contributed by atoms with Crippen molar-refractivity contribution in [2.24, 2.45) is 0 Å². The van der Waals surface area contributed by atoms with Crippen molar-refractivity contribution in [2.45, 2.75) is 76.2 Å². The molecule has 2 aromatic heterocycles. The number of rotatable bonds is 7. The second-order valence-electron chi connectivity index (χ2n) is 9.90. The highest BCUT2D eigenvalue weighted by Gasteiger charge is 2.43. The van der Waals surface area contributed by atoms with Crippen molar-refractivity contribution in [2.75, 3.05) is 12.0 Å². The Hall–Kier alpha value is -3.26. The molecule has 0 spiro atoms. The van der Waals surface area contributed by atoms with Crippen LogP contribution in [0.4, 0.5) is 5.95 Å². The standard InChI is InChI=1S/C27H30N4O4/c1-16-12-23(26(32)33-2)29-27(28-16)31-19-10-11-20(31)14-21(13-19)34-15-22-24(17-6-4-3-5-7-17)30-35-25(22)18-8-9-18/h3-7,12,18-21H,8-11,13-15H2,1-2H3/t19-,20?,21?/m0/s1. The Morgan fingerprint density at radius 3 is 2.51 bits per heavy atom. The number of aryl methyl sites for hydroxylation is 1. The topological polar surface area (TPSA) is 90.6 Å². The molecule has 8 nitrogen and oxygen atoms in total. The maximum absolute atomic E-state index is 12.1. The number of hydrogen-bond donors (Lipinski definition) is 0. The van der Waals surface area contributed by atoms with E-state index in [1.807, 2.05) is 25.1 Å². The molecule has 6 rings (SSSR count). The van der Waals surface area contributed by atoms with Crippen LogP contribution in [0.2, 0.25) is 0 Å². The fourth-order valence-corrected chi connectivity index (χ4v) is 5.62. The van der Waals surface area contributed by atoms with Crippen molar-refractivity contribution in [1.29, 1.82) is 0 Å². The predicted molar refractivity (Wildman–Crippen MR) is 129 cm³/mol. The summed E-state index contributed by atoms with van der Waals surface area (Å²) in [7, 11) is 1.37. The molecule has 3 aliphatic rings. The Balaban J connectivity index is 1.18. The fourth-order valence-electron chi connectivity index (χ4n) is 5.62. The van der Waals surface area contributed by atoms with Crippen molar-refractivity contribution in [1.82, 2.24) is 15.1 Å². The van der Waals surface area contributed by atoms with Crippen LogP contribution in [0.1, 0.15) is 71.9 Å². The number of esters is 1. The Kier molecular flexibility index (Phi) is 5.76. The van der Waals surface area contributed by atoms with Crippen molar-refractivity contribution in [3.8, 4) is 11.3 Å². The van der Waals surface area contributed by atoms with E-state index < -0.39 is 5.97 Å². The quantitative estimate of drug-likeness (QED) is 0.450. The van der Waals surface area contributed by atoms with Gasteiger partial charge in [0.15, 0.2) is 5.69 Å². The normalized spacial score (nSPS) is 23.5. The zero-order valence-corrected chi connectivity index (χ0v) is 20.1. The molecule has 8 heteroatoms. The molecule has 3 aromatic rings. The molecule has 2 aliphatic heterocycles. The van der Waals surface area contributed by atoms with Gasteiger partial charge >= 0.3 is 5.97 Å². The number of aromatic nitrogens is 3. The van der Waals surface area contributed by atoms with E-state index in [2.05, 4.69) is 32.2 Å². The Bertz CT molecular complexity index is 1210. The minimum absolute atomic E-state index is 0.152. The third-order valence-corrected chi connectivity index (χ3v) is 7.44.